The Kier molecular flexibility index (Phi) is 7.71. The zero-order valence-electron chi connectivity index (χ0n) is 15.6. The monoisotopic (exact) mass is 354 g/mol. The minimum absolute atomic E-state index is 0.199. The van der Waals surface area contributed by atoms with Gasteiger partial charge in [-0.15, -0.1) is 0 Å². The van der Waals surface area contributed by atoms with E-state index in [2.05, 4.69) is 10.2 Å². The van der Waals surface area contributed by atoms with E-state index in [9.17, 15) is 4.79 Å². The summed E-state index contributed by atoms with van der Waals surface area (Å²) < 4.78 is 10.9. The summed E-state index contributed by atoms with van der Waals surface area (Å²) in [4.78, 5) is 14.2. The highest BCUT2D eigenvalue weighted by Gasteiger charge is 2.01. The Balaban J connectivity index is 1.84. The first-order valence-corrected chi connectivity index (χ1v) is 8.58. The second-order valence-corrected chi connectivity index (χ2v) is 6.09. The molecule has 0 unspecified atom stereocenters. The molecule has 0 heterocycles. The third-order valence-electron chi connectivity index (χ3n) is 3.69. The normalized spacial score (nSPS) is 10.9. The maximum Gasteiger partial charge on any atom is 0.248 e. The summed E-state index contributed by atoms with van der Waals surface area (Å²) in [5, 5.41) is 2.83. The highest BCUT2D eigenvalue weighted by molar-refractivity contribution is 6.02. The second-order valence-electron chi connectivity index (χ2n) is 6.09. The second kappa shape index (κ2) is 10.3. The maximum atomic E-state index is 12.1. The molecule has 0 spiro atoms. The van der Waals surface area contributed by atoms with Crippen LogP contribution < -0.4 is 14.8 Å². The van der Waals surface area contributed by atoms with Gasteiger partial charge in [-0.05, 0) is 56.9 Å². The molecule has 0 atom stereocenters. The summed E-state index contributed by atoms with van der Waals surface area (Å²) in [6.07, 6.45) is 4.19. The first-order valence-electron chi connectivity index (χ1n) is 8.58. The van der Waals surface area contributed by atoms with Gasteiger partial charge in [-0.1, -0.05) is 18.2 Å². The van der Waals surface area contributed by atoms with Crippen molar-refractivity contribution in [2.45, 2.75) is 6.42 Å². The van der Waals surface area contributed by atoms with E-state index < -0.39 is 0 Å². The van der Waals surface area contributed by atoms with Gasteiger partial charge in [0.15, 0.2) is 0 Å². The largest absolute Gasteiger partial charge is 0.496 e. The standard InChI is InChI=1S/C21H26N2O3/c1-23(2)15-6-16-26-19-12-10-18(11-13-19)22-21(24)14-9-17-7-4-5-8-20(17)25-3/h4-5,7-14H,6,15-16H2,1-3H3,(H,22,24)/b14-9+. The number of anilines is 1. The molecular formula is C21H26N2O3. The van der Waals surface area contributed by atoms with E-state index in [0.717, 1.165) is 35.7 Å². The maximum absolute atomic E-state index is 12.1. The van der Waals surface area contributed by atoms with Crippen molar-refractivity contribution in [1.82, 2.24) is 4.90 Å². The molecule has 26 heavy (non-hydrogen) atoms. The van der Waals surface area contributed by atoms with Crippen LogP contribution >= 0.6 is 0 Å². The van der Waals surface area contributed by atoms with Crippen molar-refractivity contribution in [3.05, 3.63) is 60.2 Å². The Labute approximate surface area is 155 Å². The summed E-state index contributed by atoms with van der Waals surface area (Å²) in [6, 6.07) is 14.9. The number of ether oxygens (including phenoxy) is 2. The number of benzene rings is 2. The number of carbonyl (C=O) groups excluding carboxylic acids is 1. The third kappa shape index (κ3) is 6.61. The fourth-order valence-corrected chi connectivity index (χ4v) is 2.36. The SMILES string of the molecule is COc1ccccc1/C=C/C(=O)Nc1ccc(OCCCN(C)C)cc1. The number of hydrogen-bond donors (Lipinski definition) is 1. The van der Waals surface area contributed by atoms with E-state index in [1.807, 2.05) is 62.6 Å². The van der Waals surface area contributed by atoms with Crippen LogP contribution in [0.5, 0.6) is 11.5 Å². The van der Waals surface area contributed by atoms with Crippen molar-refractivity contribution in [1.29, 1.82) is 0 Å². The smallest absolute Gasteiger partial charge is 0.248 e. The van der Waals surface area contributed by atoms with E-state index >= 15 is 0 Å². The Bertz CT molecular complexity index is 724. The van der Waals surface area contributed by atoms with Gasteiger partial charge in [-0.3, -0.25) is 4.79 Å². The van der Waals surface area contributed by atoms with E-state index in [1.54, 1.807) is 13.2 Å². The quantitative estimate of drug-likeness (QED) is 0.551. The van der Waals surface area contributed by atoms with Crippen LogP contribution in [0.1, 0.15) is 12.0 Å². The summed E-state index contributed by atoms with van der Waals surface area (Å²) in [5.41, 5.74) is 1.58. The zero-order chi connectivity index (χ0) is 18.8. The molecule has 2 rings (SSSR count). The van der Waals surface area contributed by atoms with E-state index in [0.29, 0.717) is 6.61 Å². The molecular weight excluding hydrogens is 328 g/mol. The molecule has 5 nitrogen and oxygen atoms in total. The zero-order valence-corrected chi connectivity index (χ0v) is 15.6. The van der Waals surface area contributed by atoms with Gasteiger partial charge in [-0.25, -0.2) is 0 Å². The van der Waals surface area contributed by atoms with Crippen LogP contribution in [-0.2, 0) is 4.79 Å². The molecule has 0 aromatic heterocycles. The molecule has 2 aromatic rings. The third-order valence-corrected chi connectivity index (χ3v) is 3.69. The molecule has 0 aliphatic carbocycles. The molecule has 0 aliphatic heterocycles. The van der Waals surface area contributed by atoms with Crippen LogP contribution in [0, 0.1) is 0 Å². The van der Waals surface area contributed by atoms with Crippen LogP contribution in [-0.4, -0.2) is 45.2 Å². The van der Waals surface area contributed by atoms with Crippen LogP contribution in [0.2, 0.25) is 0 Å². The molecule has 1 amide bonds. The number of carbonyl (C=O) groups is 1. The molecule has 0 radical (unpaired) electrons. The van der Waals surface area contributed by atoms with Crippen LogP contribution in [0.25, 0.3) is 6.08 Å². The van der Waals surface area contributed by atoms with Crippen molar-refractivity contribution >= 4 is 17.7 Å². The topological polar surface area (TPSA) is 50.8 Å². The lowest BCUT2D eigenvalue weighted by Crippen LogP contribution is -2.15. The number of rotatable bonds is 9. The van der Waals surface area contributed by atoms with E-state index in [4.69, 9.17) is 9.47 Å². The number of nitrogens with zero attached hydrogens (tertiary/aromatic N) is 1. The molecule has 2 aromatic carbocycles. The molecule has 1 N–H and O–H groups in total. The first-order chi connectivity index (χ1) is 12.6. The van der Waals surface area contributed by atoms with Crippen LogP contribution in [0.4, 0.5) is 5.69 Å². The van der Waals surface area contributed by atoms with Gasteiger partial charge >= 0.3 is 0 Å². The summed E-state index contributed by atoms with van der Waals surface area (Å²) in [7, 11) is 5.69. The van der Waals surface area contributed by atoms with Crippen LogP contribution in [0.3, 0.4) is 0 Å². The lowest BCUT2D eigenvalue weighted by molar-refractivity contribution is -0.111. The highest BCUT2D eigenvalue weighted by atomic mass is 16.5. The van der Waals surface area contributed by atoms with Crippen LogP contribution in [0.15, 0.2) is 54.6 Å². The van der Waals surface area contributed by atoms with Gasteiger partial charge in [0.25, 0.3) is 0 Å². The molecule has 0 saturated heterocycles. The number of methoxy groups -OCH3 is 1. The Morgan fingerprint density at radius 1 is 1.12 bits per heavy atom. The van der Waals surface area contributed by atoms with Gasteiger partial charge in [0.05, 0.1) is 13.7 Å². The van der Waals surface area contributed by atoms with Gasteiger partial charge in [0, 0.05) is 23.9 Å². The van der Waals surface area contributed by atoms with Gasteiger partial charge < -0.3 is 19.7 Å². The average molecular weight is 354 g/mol. The summed E-state index contributed by atoms with van der Waals surface area (Å²) in [5.74, 6) is 1.33. The Hall–Kier alpha value is -2.79. The highest BCUT2D eigenvalue weighted by Crippen LogP contribution is 2.19. The molecule has 5 heteroatoms. The summed E-state index contributed by atoms with van der Waals surface area (Å²) in [6.45, 7) is 1.66. The number of hydrogen-bond acceptors (Lipinski definition) is 4. The van der Waals surface area contributed by atoms with Gasteiger partial charge in [0.1, 0.15) is 11.5 Å². The minimum Gasteiger partial charge on any atom is -0.496 e. The number of para-hydroxylation sites is 1. The lowest BCUT2D eigenvalue weighted by Gasteiger charge is -2.10. The van der Waals surface area contributed by atoms with Crippen molar-refractivity contribution in [2.24, 2.45) is 0 Å². The predicted octanol–water partition coefficient (Wildman–Crippen LogP) is 3.68. The van der Waals surface area contributed by atoms with Crippen molar-refractivity contribution in [3.63, 3.8) is 0 Å². The van der Waals surface area contributed by atoms with Crippen molar-refractivity contribution in [2.75, 3.05) is 39.7 Å². The van der Waals surface area contributed by atoms with Gasteiger partial charge in [0.2, 0.25) is 5.91 Å². The molecule has 138 valence electrons. The van der Waals surface area contributed by atoms with E-state index in [1.165, 1.54) is 6.08 Å². The lowest BCUT2D eigenvalue weighted by atomic mass is 10.2. The molecule has 0 fully saturated rings. The minimum atomic E-state index is -0.199. The number of nitrogens with one attached hydrogen (secondary N) is 1. The Morgan fingerprint density at radius 3 is 2.54 bits per heavy atom. The van der Waals surface area contributed by atoms with Crippen molar-refractivity contribution in [3.8, 4) is 11.5 Å². The predicted molar refractivity (Wildman–Crippen MR) is 106 cm³/mol. The first kappa shape index (κ1) is 19.5. The van der Waals surface area contributed by atoms with Gasteiger partial charge in [-0.2, -0.15) is 0 Å². The summed E-state index contributed by atoms with van der Waals surface area (Å²) >= 11 is 0. The van der Waals surface area contributed by atoms with Crippen molar-refractivity contribution < 1.29 is 14.3 Å². The fourth-order valence-electron chi connectivity index (χ4n) is 2.36. The number of amides is 1. The molecule has 0 aliphatic rings. The molecule has 0 saturated carbocycles. The fraction of sp³-hybridized carbons (Fsp3) is 0.286. The van der Waals surface area contributed by atoms with E-state index in [-0.39, 0.29) is 5.91 Å². The molecule has 0 bridgehead atoms. The average Bonchev–Trinajstić information content (AvgIpc) is 2.65. The Morgan fingerprint density at radius 2 is 1.85 bits per heavy atom.